The molecule has 0 saturated carbocycles. The van der Waals surface area contributed by atoms with Crippen molar-refractivity contribution in [1.82, 2.24) is 25.1 Å². The minimum absolute atomic E-state index is 0.0198. The maximum Gasteiger partial charge on any atom is 0.173 e. The van der Waals surface area contributed by atoms with E-state index in [0.29, 0.717) is 6.54 Å². The average Bonchev–Trinajstić information content (AvgIpc) is 3.41. The molecule has 0 unspecified atom stereocenters. The third-order valence-corrected chi connectivity index (χ3v) is 5.49. The molecule has 4 rings (SSSR count). The van der Waals surface area contributed by atoms with Crippen LogP contribution in [0.2, 0.25) is 0 Å². The van der Waals surface area contributed by atoms with Gasteiger partial charge in [0.05, 0.1) is 32.6 Å². The number of aliphatic hydroxyl groups is 1. The fourth-order valence-corrected chi connectivity index (χ4v) is 3.90. The number of benzene rings is 2. The van der Waals surface area contributed by atoms with E-state index in [4.69, 9.17) is 9.47 Å². The Labute approximate surface area is 169 Å². The highest BCUT2D eigenvalue weighted by Crippen LogP contribution is 2.37. The average molecular weight is 395 g/mol. The number of tetrazole rings is 1. The standard InChI is InChI=1S/C21H25N5O3/c1-28-18-8-3-15(4-9-18)13-25-17(14-27)7-12-20(25)21-22-23-24-26(21)16-5-10-19(29-2)11-6-16/h3-6,8-11,17,20,27H,7,12-14H2,1-2H3/t17-,20-/m0/s1. The van der Waals surface area contributed by atoms with Gasteiger partial charge in [0.25, 0.3) is 0 Å². The molecule has 1 fully saturated rings. The van der Waals surface area contributed by atoms with E-state index in [0.717, 1.165) is 41.4 Å². The Balaban J connectivity index is 1.61. The summed E-state index contributed by atoms with van der Waals surface area (Å²) in [5.74, 6) is 2.39. The fourth-order valence-electron chi connectivity index (χ4n) is 3.90. The molecule has 1 saturated heterocycles. The Morgan fingerprint density at radius 3 is 2.24 bits per heavy atom. The number of likely N-dealkylation sites (tertiary alicyclic amines) is 1. The van der Waals surface area contributed by atoms with Gasteiger partial charge in [0.1, 0.15) is 11.5 Å². The molecular formula is C21H25N5O3. The number of ether oxygens (including phenoxy) is 2. The zero-order valence-corrected chi connectivity index (χ0v) is 16.6. The monoisotopic (exact) mass is 395 g/mol. The lowest BCUT2D eigenvalue weighted by Gasteiger charge is -2.28. The Morgan fingerprint density at radius 2 is 1.62 bits per heavy atom. The van der Waals surface area contributed by atoms with E-state index in [9.17, 15) is 5.11 Å². The molecule has 2 heterocycles. The number of hydrogen-bond donors (Lipinski definition) is 1. The van der Waals surface area contributed by atoms with Gasteiger partial charge in [-0.25, -0.2) is 0 Å². The Kier molecular flexibility index (Phi) is 5.73. The van der Waals surface area contributed by atoms with E-state index in [1.54, 1.807) is 18.9 Å². The van der Waals surface area contributed by atoms with E-state index < -0.39 is 0 Å². The number of aliphatic hydroxyl groups excluding tert-OH is 1. The molecule has 1 aliphatic heterocycles. The van der Waals surface area contributed by atoms with Crippen molar-refractivity contribution >= 4 is 0 Å². The SMILES string of the molecule is COc1ccc(CN2[C@H](CO)CC[C@H]2c2nnnn2-c2ccc(OC)cc2)cc1. The predicted octanol–water partition coefficient (Wildman–Crippen LogP) is 2.38. The first-order chi connectivity index (χ1) is 14.2. The van der Waals surface area contributed by atoms with Crippen LogP contribution in [0.4, 0.5) is 0 Å². The molecule has 2 aromatic carbocycles. The van der Waals surface area contributed by atoms with Crippen LogP contribution in [0.3, 0.4) is 0 Å². The van der Waals surface area contributed by atoms with Crippen LogP contribution >= 0.6 is 0 Å². The molecule has 8 heteroatoms. The number of nitrogens with zero attached hydrogens (tertiary/aromatic N) is 5. The third kappa shape index (κ3) is 3.94. The number of rotatable bonds is 7. The smallest absolute Gasteiger partial charge is 0.173 e. The van der Waals surface area contributed by atoms with Gasteiger partial charge < -0.3 is 14.6 Å². The molecule has 0 bridgehead atoms. The first-order valence-electron chi connectivity index (χ1n) is 9.65. The molecule has 152 valence electrons. The van der Waals surface area contributed by atoms with Crippen molar-refractivity contribution in [2.24, 2.45) is 0 Å². The van der Waals surface area contributed by atoms with Crippen LogP contribution in [0.5, 0.6) is 11.5 Å². The molecule has 0 spiro atoms. The third-order valence-electron chi connectivity index (χ3n) is 5.49. The number of aromatic nitrogens is 4. The molecule has 3 aromatic rings. The summed E-state index contributed by atoms with van der Waals surface area (Å²) in [4.78, 5) is 2.29. The molecule has 29 heavy (non-hydrogen) atoms. The summed E-state index contributed by atoms with van der Waals surface area (Å²) < 4.78 is 12.3. The molecule has 0 aliphatic carbocycles. The lowest BCUT2D eigenvalue weighted by molar-refractivity contribution is 0.118. The first kappa shape index (κ1) is 19.4. The Morgan fingerprint density at radius 1 is 0.966 bits per heavy atom. The summed E-state index contributed by atoms with van der Waals surface area (Å²) in [6.45, 7) is 0.812. The van der Waals surface area contributed by atoms with Gasteiger partial charge in [-0.15, -0.1) is 5.10 Å². The zero-order valence-electron chi connectivity index (χ0n) is 16.6. The molecule has 1 aliphatic rings. The highest BCUT2D eigenvalue weighted by Gasteiger charge is 2.37. The van der Waals surface area contributed by atoms with Gasteiger partial charge in [-0.2, -0.15) is 4.68 Å². The highest BCUT2D eigenvalue weighted by atomic mass is 16.5. The van der Waals surface area contributed by atoms with E-state index in [1.807, 2.05) is 36.4 Å². The van der Waals surface area contributed by atoms with E-state index >= 15 is 0 Å². The summed E-state index contributed by atoms with van der Waals surface area (Å²) >= 11 is 0. The van der Waals surface area contributed by atoms with Gasteiger partial charge in [0.2, 0.25) is 0 Å². The van der Waals surface area contributed by atoms with Crippen molar-refractivity contribution in [3.63, 3.8) is 0 Å². The summed E-state index contributed by atoms with van der Waals surface area (Å²) in [7, 11) is 3.30. The van der Waals surface area contributed by atoms with Crippen LogP contribution in [0.15, 0.2) is 48.5 Å². The molecule has 0 amide bonds. The van der Waals surface area contributed by atoms with Crippen molar-refractivity contribution in [3.05, 3.63) is 59.9 Å². The summed E-state index contributed by atoms with van der Waals surface area (Å²) in [6, 6.07) is 15.8. The van der Waals surface area contributed by atoms with Gasteiger partial charge in [-0.3, -0.25) is 4.90 Å². The second-order valence-corrected chi connectivity index (χ2v) is 7.10. The minimum Gasteiger partial charge on any atom is -0.497 e. The Hall–Kier alpha value is -2.97. The Bertz CT molecular complexity index is 926. The first-order valence-corrected chi connectivity index (χ1v) is 9.65. The highest BCUT2D eigenvalue weighted by molar-refractivity contribution is 5.37. The van der Waals surface area contributed by atoms with Crippen molar-refractivity contribution in [1.29, 1.82) is 0 Å². The molecule has 0 radical (unpaired) electrons. The van der Waals surface area contributed by atoms with Gasteiger partial charge in [-0.1, -0.05) is 12.1 Å². The summed E-state index contributed by atoms with van der Waals surface area (Å²) in [5, 5.41) is 22.4. The summed E-state index contributed by atoms with van der Waals surface area (Å²) in [6.07, 6.45) is 1.78. The van der Waals surface area contributed by atoms with E-state index in [-0.39, 0.29) is 18.7 Å². The molecule has 1 aromatic heterocycles. The van der Waals surface area contributed by atoms with Crippen LogP contribution in [0.25, 0.3) is 5.69 Å². The van der Waals surface area contributed by atoms with Gasteiger partial charge in [-0.05, 0) is 65.2 Å². The van der Waals surface area contributed by atoms with Crippen LogP contribution in [0.1, 0.15) is 30.3 Å². The maximum atomic E-state index is 9.92. The topological polar surface area (TPSA) is 85.5 Å². The number of hydrogen-bond acceptors (Lipinski definition) is 7. The largest absolute Gasteiger partial charge is 0.497 e. The molecule has 1 N–H and O–H groups in total. The van der Waals surface area contributed by atoms with Crippen molar-refractivity contribution in [3.8, 4) is 17.2 Å². The fraction of sp³-hybridized carbons (Fsp3) is 0.381. The van der Waals surface area contributed by atoms with Crippen molar-refractivity contribution in [2.75, 3.05) is 20.8 Å². The van der Waals surface area contributed by atoms with Crippen LogP contribution in [-0.2, 0) is 6.54 Å². The van der Waals surface area contributed by atoms with Crippen molar-refractivity contribution < 1.29 is 14.6 Å². The zero-order chi connectivity index (χ0) is 20.2. The number of methoxy groups -OCH3 is 2. The van der Waals surface area contributed by atoms with E-state index in [2.05, 4.69) is 32.6 Å². The van der Waals surface area contributed by atoms with Crippen LogP contribution in [-0.4, -0.2) is 57.1 Å². The maximum absolute atomic E-state index is 9.92. The molecule has 2 atom stereocenters. The minimum atomic E-state index is 0.0198. The quantitative estimate of drug-likeness (QED) is 0.657. The lowest BCUT2D eigenvalue weighted by atomic mass is 10.1. The van der Waals surface area contributed by atoms with Crippen LogP contribution < -0.4 is 9.47 Å². The molecule has 8 nitrogen and oxygen atoms in total. The normalized spacial score (nSPS) is 19.4. The second-order valence-electron chi connectivity index (χ2n) is 7.10. The van der Waals surface area contributed by atoms with Crippen molar-refractivity contribution in [2.45, 2.75) is 31.5 Å². The van der Waals surface area contributed by atoms with Gasteiger partial charge in [0.15, 0.2) is 5.82 Å². The van der Waals surface area contributed by atoms with Gasteiger partial charge >= 0.3 is 0 Å². The summed E-state index contributed by atoms with van der Waals surface area (Å²) in [5.41, 5.74) is 2.03. The van der Waals surface area contributed by atoms with E-state index in [1.165, 1.54) is 0 Å². The van der Waals surface area contributed by atoms with Gasteiger partial charge in [0, 0.05) is 12.6 Å². The molecular weight excluding hydrogens is 370 g/mol. The second kappa shape index (κ2) is 8.59. The van der Waals surface area contributed by atoms with Crippen LogP contribution in [0, 0.1) is 0 Å². The lowest BCUT2D eigenvalue weighted by Crippen LogP contribution is -2.34. The predicted molar refractivity (Wildman–Crippen MR) is 107 cm³/mol.